The third kappa shape index (κ3) is 6.07. The summed E-state index contributed by atoms with van der Waals surface area (Å²) in [7, 11) is 0. The van der Waals surface area contributed by atoms with Crippen molar-refractivity contribution in [1.82, 2.24) is 5.16 Å². The Balaban J connectivity index is 1.24. The minimum Gasteiger partial charge on any atom is -0.465 e. The van der Waals surface area contributed by atoms with Crippen molar-refractivity contribution < 1.29 is 32.3 Å². The Labute approximate surface area is 237 Å². The lowest BCUT2D eigenvalue weighted by Gasteiger charge is -2.15. The highest BCUT2D eigenvalue weighted by Gasteiger charge is 2.52. The summed E-state index contributed by atoms with van der Waals surface area (Å²) in [6.45, 7) is 4.04. The van der Waals surface area contributed by atoms with E-state index in [9.17, 15) is 23.1 Å². The van der Waals surface area contributed by atoms with Crippen LogP contribution in [0.1, 0.15) is 66.7 Å². The van der Waals surface area contributed by atoms with Crippen LogP contribution in [0.4, 0.5) is 13.2 Å². The van der Waals surface area contributed by atoms with Crippen molar-refractivity contribution >= 4 is 5.97 Å². The van der Waals surface area contributed by atoms with Gasteiger partial charge in [0.2, 0.25) is 0 Å². The molecule has 0 spiro atoms. The van der Waals surface area contributed by atoms with Crippen LogP contribution < -0.4 is 0 Å². The number of nitrogens with zero attached hydrogens (tertiary/aromatic N) is 1. The van der Waals surface area contributed by atoms with Gasteiger partial charge in [0.15, 0.2) is 5.76 Å². The largest absolute Gasteiger partial charge is 0.465 e. The quantitative estimate of drug-likeness (QED) is 0.198. The summed E-state index contributed by atoms with van der Waals surface area (Å²) < 4.78 is 50.0. The van der Waals surface area contributed by atoms with Gasteiger partial charge in [0.05, 0.1) is 29.4 Å². The van der Waals surface area contributed by atoms with Crippen LogP contribution in [0.2, 0.25) is 0 Å². The van der Waals surface area contributed by atoms with Crippen molar-refractivity contribution in [3.8, 4) is 22.5 Å². The number of hydrogen-bond donors (Lipinski definition) is 1. The number of halogens is 3. The maximum Gasteiger partial charge on any atom is 0.416 e. The fourth-order valence-electron chi connectivity index (χ4n) is 5.27. The molecule has 0 radical (unpaired) electrons. The lowest BCUT2D eigenvalue weighted by atomic mass is 9.93. The molecule has 5 rings (SSSR count). The van der Waals surface area contributed by atoms with E-state index in [-0.39, 0.29) is 11.5 Å². The van der Waals surface area contributed by atoms with E-state index in [1.807, 2.05) is 62.4 Å². The Hall–Kier alpha value is -3.91. The fourth-order valence-corrected chi connectivity index (χ4v) is 5.27. The van der Waals surface area contributed by atoms with Crippen molar-refractivity contribution in [2.24, 2.45) is 0 Å². The zero-order valence-electron chi connectivity index (χ0n) is 23.0. The summed E-state index contributed by atoms with van der Waals surface area (Å²) in [6.07, 6.45) is -2.42. The van der Waals surface area contributed by atoms with Gasteiger partial charge in [0, 0.05) is 11.1 Å². The Morgan fingerprint density at radius 3 is 2.27 bits per heavy atom. The predicted molar refractivity (Wildman–Crippen MR) is 149 cm³/mol. The van der Waals surface area contributed by atoms with Crippen LogP contribution in [0.3, 0.4) is 0 Å². The number of ether oxygens (including phenoxy) is 1. The Morgan fingerprint density at radius 1 is 1.02 bits per heavy atom. The molecule has 0 amide bonds. The molecular weight excluding hydrogens is 531 g/mol. The number of carbonyl (C=O) groups is 1. The summed E-state index contributed by atoms with van der Waals surface area (Å²) >= 11 is 0. The van der Waals surface area contributed by atoms with Crippen LogP contribution in [-0.2, 0) is 27.5 Å². The molecule has 41 heavy (non-hydrogen) atoms. The summed E-state index contributed by atoms with van der Waals surface area (Å²) in [6, 6.07) is 20.8. The van der Waals surface area contributed by atoms with Gasteiger partial charge >= 0.3 is 12.1 Å². The summed E-state index contributed by atoms with van der Waals surface area (Å²) in [5.74, 6) is 0.489. The third-order valence-electron chi connectivity index (χ3n) is 7.82. The molecule has 1 N–H and O–H groups in total. The van der Waals surface area contributed by atoms with Crippen molar-refractivity contribution in [2.45, 2.75) is 63.6 Å². The molecule has 0 bridgehead atoms. The molecule has 214 valence electrons. The van der Waals surface area contributed by atoms with Gasteiger partial charge in [-0.1, -0.05) is 65.8 Å². The smallest absolute Gasteiger partial charge is 0.416 e. The number of hydrogen-bond acceptors (Lipinski definition) is 5. The highest BCUT2D eigenvalue weighted by Crippen LogP contribution is 2.49. The van der Waals surface area contributed by atoms with Gasteiger partial charge in [-0.15, -0.1) is 0 Å². The summed E-state index contributed by atoms with van der Waals surface area (Å²) in [5, 5.41) is 14.7. The van der Waals surface area contributed by atoms with E-state index in [2.05, 4.69) is 5.16 Å². The van der Waals surface area contributed by atoms with E-state index < -0.39 is 23.3 Å². The van der Waals surface area contributed by atoms with E-state index in [0.717, 1.165) is 58.5 Å². The van der Waals surface area contributed by atoms with Crippen LogP contribution in [-0.4, -0.2) is 22.8 Å². The zero-order valence-corrected chi connectivity index (χ0v) is 23.0. The lowest BCUT2D eigenvalue weighted by Crippen LogP contribution is -2.23. The van der Waals surface area contributed by atoms with Crippen molar-refractivity contribution in [3.63, 3.8) is 0 Å². The highest BCUT2D eigenvalue weighted by molar-refractivity contribution is 5.87. The van der Waals surface area contributed by atoms with Crippen molar-refractivity contribution in [1.29, 1.82) is 0 Å². The molecule has 0 saturated heterocycles. The van der Waals surface area contributed by atoms with Gasteiger partial charge in [0.1, 0.15) is 0 Å². The molecule has 1 heterocycles. The van der Waals surface area contributed by atoms with Gasteiger partial charge < -0.3 is 14.4 Å². The maximum absolute atomic E-state index is 13.0. The SMILES string of the molecule is CCOC(=O)C1(c2ccc(-c3ccc(-c4onc(C)c4CCCC(O)c4cccc(C(F)(F)F)c4)cc3)cc2)CC1. The standard InChI is InChI=1S/C33H32F3NO4/c1-3-40-31(39)32(18-19-32)26-16-14-23(15-17-26)22-10-12-24(13-11-22)30-28(21(2)37-41-30)8-5-9-29(38)25-6-4-7-27(20-25)33(34,35)36/h4,6-7,10-17,20,29,38H,3,5,8-9,18-19H2,1-2H3. The van der Waals surface area contributed by atoms with Crippen LogP contribution in [0.15, 0.2) is 77.3 Å². The first kappa shape index (κ1) is 28.6. The van der Waals surface area contributed by atoms with Crippen LogP contribution in [0.5, 0.6) is 0 Å². The number of aryl methyl sites for hydroxylation is 1. The number of rotatable bonds is 10. The second-order valence-corrected chi connectivity index (χ2v) is 10.6. The molecule has 4 aromatic rings. The van der Waals surface area contributed by atoms with Gasteiger partial charge in [-0.25, -0.2) is 0 Å². The van der Waals surface area contributed by atoms with E-state index in [1.165, 1.54) is 12.1 Å². The first-order chi connectivity index (χ1) is 19.6. The molecule has 8 heteroatoms. The fraction of sp³-hybridized carbons (Fsp3) is 0.333. The molecule has 1 atom stereocenters. The van der Waals surface area contributed by atoms with E-state index >= 15 is 0 Å². The molecular formula is C33H32F3NO4. The lowest BCUT2D eigenvalue weighted by molar-refractivity contribution is -0.146. The average Bonchev–Trinajstić information content (AvgIpc) is 3.71. The van der Waals surface area contributed by atoms with Gasteiger partial charge in [-0.3, -0.25) is 4.79 Å². The minimum atomic E-state index is -4.45. The molecule has 1 aliphatic carbocycles. The Kier molecular flexibility index (Phi) is 8.04. The second kappa shape index (κ2) is 11.5. The minimum absolute atomic E-state index is 0.152. The average molecular weight is 564 g/mol. The van der Waals surface area contributed by atoms with Crippen molar-refractivity contribution in [2.75, 3.05) is 6.61 Å². The first-order valence-corrected chi connectivity index (χ1v) is 13.8. The number of aromatic nitrogens is 1. The number of carbonyl (C=O) groups excluding carboxylic acids is 1. The molecule has 1 aromatic heterocycles. The summed E-state index contributed by atoms with van der Waals surface area (Å²) in [4.78, 5) is 12.4. The second-order valence-electron chi connectivity index (χ2n) is 10.6. The monoisotopic (exact) mass is 563 g/mol. The Morgan fingerprint density at radius 2 is 1.66 bits per heavy atom. The van der Waals surface area contributed by atoms with Crippen LogP contribution in [0, 0.1) is 6.92 Å². The Bertz CT molecular complexity index is 1500. The number of aliphatic hydroxyl groups is 1. The van der Waals surface area contributed by atoms with Gasteiger partial charge in [-0.05, 0) is 80.3 Å². The van der Waals surface area contributed by atoms with Crippen LogP contribution >= 0.6 is 0 Å². The van der Waals surface area contributed by atoms with E-state index in [4.69, 9.17) is 9.26 Å². The topological polar surface area (TPSA) is 72.6 Å². The summed E-state index contributed by atoms with van der Waals surface area (Å²) in [5.41, 5.74) is 4.52. The van der Waals surface area contributed by atoms with Gasteiger partial charge in [-0.2, -0.15) is 13.2 Å². The molecule has 5 nitrogen and oxygen atoms in total. The van der Waals surface area contributed by atoms with E-state index in [0.29, 0.717) is 31.6 Å². The highest BCUT2D eigenvalue weighted by atomic mass is 19.4. The van der Waals surface area contributed by atoms with Gasteiger partial charge in [0.25, 0.3) is 0 Å². The molecule has 1 unspecified atom stereocenters. The molecule has 1 aliphatic rings. The first-order valence-electron chi connectivity index (χ1n) is 13.8. The number of benzene rings is 3. The maximum atomic E-state index is 13.0. The molecule has 3 aromatic carbocycles. The normalized spacial score (nSPS) is 15.0. The predicted octanol–water partition coefficient (Wildman–Crippen LogP) is 7.99. The number of alkyl halides is 3. The zero-order chi connectivity index (χ0) is 29.2. The molecule has 0 aliphatic heterocycles. The van der Waals surface area contributed by atoms with E-state index in [1.54, 1.807) is 0 Å². The molecule has 1 saturated carbocycles. The van der Waals surface area contributed by atoms with Crippen LogP contribution in [0.25, 0.3) is 22.5 Å². The number of aliphatic hydroxyl groups excluding tert-OH is 1. The number of esters is 1. The van der Waals surface area contributed by atoms with Crippen molar-refractivity contribution in [3.05, 3.63) is 101 Å². The third-order valence-corrected chi connectivity index (χ3v) is 7.82. The molecule has 1 fully saturated rings.